The summed E-state index contributed by atoms with van der Waals surface area (Å²) in [6.45, 7) is 2.08. The molecule has 0 aliphatic carbocycles. The number of rotatable bonds is 5. The molecule has 194 valence electrons. The van der Waals surface area contributed by atoms with E-state index in [2.05, 4.69) is 21.3 Å². The number of carbonyl (C=O) groups is 1. The van der Waals surface area contributed by atoms with Crippen molar-refractivity contribution in [1.82, 2.24) is 0 Å². The third-order valence-electron chi connectivity index (χ3n) is 7.16. The highest BCUT2D eigenvalue weighted by atomic mass is 19.1. The van der Waals surface area contributed by atoms with Gasteiger partial charge in [0.1, 0.15) is 17.0 Å². The smallest absolute Gasteiger partial charge is 0.261 e. The Labute approximate surface area is 219 Å². The van der Waals surface area contributed by atoms with Gasteiger partial charge in [0, 0.05) is 41.5 Å². The number of ether oxygens (including phenoxy) is 2. The lowest BCUT2D eigenvalue weighted by atomic mass is 9.90. The molecule has 7 nitrogen and oxygen atoms in total. The van der Waals surface area contributed by atoms with Gasteiger partial charge >= 0.3 is 0 Å². The maximum absolute atomic E-state index is 14.0. The molecule has 0 fully saturated rings. The van der Waals surface area contributed by atoms with Gasteiger partial charge in [0.05, 0.1) is 19.9 Å². The number of amides is 1. The summed E-state index contributed by atoms with van der Waals surface area (Å²) in [6, 6.07) is 15.0. The third-order valence-corrected chi connectivity index (χ3v) is 7.16. The first-order valence-corrected chi connectivity index (χ1v) is 12.8. The summed E-state index contributed by atoms with van der Waals surface area (Å²) < 4.78 is 31.1. The van der Waals surface area contributed by atoms with E-state index < -0.39 is 11.7 Å². The van der Waals surface area contributed by atoms with Crippen LogP contribution >= 0.6 is 0 Å². The van der Waals surface area contributed by atoms with Crippen LogP contribution in [0.4, 0.5) is 21.5 Å². The average Bonchev–Trinajstić information content (AvgIpc) is 2.93. The first-order chi connectivity index (χ1) is 18.5. The topological polar surface area (TPSA) is 76.3 Å². The number of carbonyl (C=O) groups excluding carboxylic acids is 1. The van der Waals surface area contributed by atoms with Crippen molar-refractivity contribution in [2.24, 2.45) is 4.99 Å². The van der Waals surface area contributed by atoms with E-state index in [4.69, 9.17) is 13.9 Å². The summed E-state index contributed by atoms with van der Waals surface area (Å²) in [4.78, 5) is 20.6. The van der Waals surface area contributed by atoms with E-state index in [1.165, 1.54) is 30.5 Å². The lowest BCUT2D eigenvalue weighted by molar-refractivity contribution is 0.102. The highest BCUT2D eigenvalue weighted by Gasteiger charge is 2.27. The minimum absolute atomic E-state index is 0.130. The van der Waals surface area contributed by atoms with Crippen molar-refractivity contribution in [3.63, 3.8) is 0 Å². The molecular formula is C30H28FN3O4. The Morgan fingerprint density at radius 2 is 1.82 bits per heavy atom. The van der Waals surface area contributed by atoms with E-state index in [9.17, 15) is 9.18 Å². The van der Waals surface area contributed by atoms with E-state index in [0.29, 0.717) is 22.9 Å². The molecule has 1 aromatic heterocycles. The summed E-state index contributed by atoms with van der Waals surface area (Å²) >= 11 is 0. The molecule has 3 heterocycles. The minimum Gasteiger partial charge on any atom is -0.493 e. The number of hydrogen-bond acceptors (Lipinski definition) is 6. The highest BCUT2D eigenvalue weighted by Crippen LogP contribution is 2.40. The van der Waals surface area contributed by atoms with Crippen LogP contribution in [-0.2, 0) is 12.8 Å². The van der Waals surface area contributed by atoms with Crippen molar-refractivity contribution in [2.75, 3.05) is 37.5 Å². The number of methoxy groups -OCH3 is 2. The number of hydrogen-bond donors (Lipinski definition) is 1. The molecule has 0 bridgehead atoms. The van der Waals surface area contributed by atoms with Crippen LogP contribution in [-0.4, -0.2) is 33.2 Å². The van der Waals surface area contributed by atoms with Gasteiger partial charge in [0.2, 0.25) is 5.55 Å². The van der Waals surface area contributed by atoms with E-state index in [1.807, 2.05) is 6.07 Å². The van der Waals surface area contributed by atoms with Gasteiger partial charge in [-0.3, -0.25) is 4.79 Å². The van der Waals surface area contributed by atoms with Crippen molar-refractivity contribution in [3.05, 3.63) is 82.7 Å². The van der Waals surface area contributed by atoms with E-state index in [0.717, 1.165) is 55.3 Å². The molecule has 0 spiro atoms. The number of nitrogens with one attached hydrogen (secondary N) is 1. The van der Waals surface area contributed by atoms with Crippen LogP contribution in [0.5, 0.6) is 11.5 Å². The average molecular weight is 514 g/mol. The third kappa shape index (κ3) is 4.36. The summed E-state index contributed by atoms with van der Waals surface area (Å²) in [6.07, 6.45) is 4.04. The molecule has 2 aliphatic heterocycles. The summed E-state index contributed by atoms with van der Waals surface area (Å²) in [5.41, 5.74) is 5.71. The number of nitrogens with zero attached hydrogens (tertiary/aromatic N) is 2. The summed E-state index contributed by atoms with van der Waals surface area (Å²) in [7, 11) is 3.09. The first-order valence-electron chi connectivity index (χ1n) is 12.8. The molecule has 0 saturated carbocycles. The fourth-order valence-electron chi connectivity index (χ4n) is 5.47. The van der Waals surface area contributed by atoms with Gasteiger partial charge in [0.15, 0.2) is 11.5 Å². The highest BCUT2D eigenvalue weighted by molar-refractivity contribution is 6.06. The molecule has 0 saturated heterocycles. The Hall–Kier alpha value is -4.33. The minimum atomic E-state index is -0.414. The number of benzene rings is 3. The Balaban J connectivity index is 1.51. The monoisotopic (exact) mass is 513 g/mol. The number of fused-ring (bicyclic) bond motifs is 2. The second kappa shape index (κ2) is 9.85. The van der Waals surface area contributed by atoms with Crippen LogP contribution in [0.1, 0.15) is 34.3 Å². The van der Waals surface area contributed by atoms with Gasteiger partial charge in [-0.1, -0.05) is 6.07 Å². The van der Waals surface area contributed by atoms with Crippen LogP contribution in [0.2, 0.25) is 0 Å². The van der Waals surface area contributed by atoms with Gasteiger partial charge in [-0.2, -0.15) is 0 Å². The molecule has 38 heavy (non-hydrogen) atoms. The van der Waals surface area contributed by atoms with Crippen molar-refractivity contribution >= 4 is 33.9 Å². The number of aryl methyl sites for hydroxylation is 2. The van der Waals surface area contributed by atoms with Crippen LogP contribution in [0.3, 0.4) is 0 Å². The molecular weight excluding hydrogens is 485 g/mol. The molecule has 1 amide bonds. The Kier molecular flexibility index (Phi) is 6.23. The molecule has 1 N–H and O–H groups in total. The van der Waals surface area contributed by atoms with E-state index in [1.54, 1.807) is 37.4 Å². The van der Waals surface area contributed by atoms with Crippen molar-refractivity contribution < 1.29 is 23.1 Å². The fraction of sp³-hybridized carbons (Fsp3) is 0.267. The Morgan fingerprint density at radius 1 is 1.00 bits per heavy atom. The molecule has 2 aliphatic rings. The summed E-state index contributed by atoms with van der Waals surface area (Å²) in [5, 5.41) is 3.78. The maximum Gasteiger partial charge on any atom is 0.261 e. The van der Waals surface area contributed by atoms with E-state index in [-0.39, 0.29) is 11.1 Å². The fourth-order valence-corrected chi connectivity index (χ4v) is 5.47. The van der Waals surface area contributed by atoms with Crippen molar-refractivity contribution in [3.8, 4) is 11.5 Å². The lowest BCUT2D eigenvalue weighted by Gasteiger charge is -2.37. The van der Waals surface area contributed by atoms with Gasteiger partial charge in [-0.25, -0.2) is 9.38 Å². The zero-order valence-electron chi connectivity index (χ0n) is 21.3. The molecule has 0 atom stereocenters. The van der Waals surface area contributed by atoms with Crippen LogP contribution in [0, 0.1) is 5.82 Å². The van der Waals surface area contributed by atoms with Crippen LogP contribution < -0.4 is 25.2 Å². The first kappa shape index (κ1) is 24.0. The molecule has 4 aromatic rings. The predicted octanol–water partition coefficient (Wildman–Crippen LogP) is 5.77. The van der Waals surface area contributed by atoms with Gasteiger partial charge < -0.3 is 24.1 Å². The Morgan fingerprint density at radius 3 is 2.61 bits per heavy atom. The largest absolute Gasteiger partial charge is 0.493 e. The van der Waals surface area contributed by atoms with E-state index >= 15 is 0 Å². The quantitative estimate of drug-likeness (QED) is 0.367. The zero-order valence-corrected chi connectivity index (χ0v) is 21.3. The standard InChI is InChI=1S/C30H28FN3O4/c1-36-25-11-10-22(17-26(25)37-2)32-29(35)24-15-19-14-18-6-4-12-34-13-5-9-23(27(18)34)28(19)38-30(24)33-21-8-3-7-20(31)16-21/h3,7-8,10-11,14-17H,4-6,9,12-13H2,1-2H3,(H,32,35). The normalized spacial score (nSPS) is 14.8. The van der Waals surface area contributed by atoms with Gasteiger partial charge in [-0.15, -0.1) is 0 Å². The predicted molar refractivity (Wildman–Crippen MR) is 144 cm³/mol. The Bertz CT molecular complexity index is 1630. The van der Waals surface area contributed by atoms with Gasteiger partial charge in [-0.05, 0) is 73.7 Å². The second-order valence-electron chi connectivity index (χ2n) is 9.56. The molecule has 8 heteroatoms. The molecule has 3 aromatic carbocycles. The van der Waals surface area contributed by atoms with Crippen molar-refractivity contribution in [2.45, 2.75) is 25.7 Å². The maximum atomic E-state index is 14.0. The summed E-state index contributed by atoms with van der Waals surface area (Å²) in [5.74, 6) is 0.239. The van der Waals surface area contributed by atoms with Crippen LogP contribution in [0.15, 0.2) is 64.0 Å². The van der Waals surface area contributed by atoms with Crippen LogP contribution in [0.25, 0.3) is 11.0 Å². The number of anilines is 2. The molecule has 0 unspecified atom stereocenters. The van der Waals surface area contributed by atoms with Crippen molar-refractivity contribution in [1.29, 1.82) is 0 Å². The van der Waals surface area contributed by atoms with Gasteiger partial charge in [0.25, 0.3) is 5.91 Å². The number of halogens is 1. The zero-order chi connectivity index (χ0) is 26.2. The SMILES string of the molecule is COc1ccc(NC(=O)c2cc3cc4c5c(c3oc2=Nc2cccc(F)c2)CCCN5CCC4)cc1OC. The second-order valence-corrected chi connectivity index (χ2v) is 9.56. The molecule has 0 radical (unpaired) electrons. The lowest BCUT2D eigenvalue weighted by Crippen LogP contribution is -2.34. The molecule has 6 rings (SSSR count).